The lowest BCUT2D eigenvalue weighted by Crippen LogP contribution is -2.43. The number of carbonyl (C=O) groups is 1. The Balaban J connectivity index is 2.34. The monoisotopic (exact) mass is 426 g/mol. The van der Waals surface area contributed by atoms with Gasteiger partial charge in [0.1, 0.15) is 28.3 Å². The molecule has 0 bridgehead atoms. The Kier molecular flexibility index (Phi) is 5.80. The Labute approximate surface area is 156 Å². The third kappa shape index (κ3) is 4.47. The van der Waals surface area contributed by atoms with Crippen molar-refractivity contribution in [3.8, 4) is 0 Å². The summed E-state index contributed by atoms with van der Waals surface area (Å²) >= 11 is 0. The van der Waals surface area contributed by atoms with Gasteiger partial charge < -0.3 is 9.88 Å². The summed E-state index contributed by atoms with van der Waals surface area (Å²) in [6, 6.07) is -0.357. The van der Waals surface area contributed by atoms with E-state index >= 15 is 0 Å². The summed E-state index contributed by atoms with van der Waals surface area (Å²) < 4.78 is 91.8. The molecule has 0 spiro atoms. The van der Waals surface area contributed by atoms with E-state index in [1.807, 2.05) is 0 Å². The molecule has 2 N–H and O–H groups in total. The molecule has 1 atom stereocenters. The maximum Gasteiger partial charge on any atom is 0.404 e. The van der Waals surface area contributed by atoms with E-state index in [9.17, 15) is 35.2 Å². The van der Waals surface area contributed by atoms with E-state index in [1.54, 1.807) is 0 Å². The zero-order valence-corrected chi connectivity index (χ0v) is 15.5. The largest absolute Gasteiger partial charge is 0.404 e. The topological polar surface area (TPSA) is 93.1 Å². The first-order valence-electron chi connectivity index (χ1n) is 7.62. The van der Waals surface area contributed by atoms with Gasteiger partial charge in [0.2, 0.25) is 10.0 Å². The molecule has 2 aromatic rings. The van der Waals surface area contributed by atoms with Crippen molar-refractivity contribution in [2.24, 2.45) is 7.05 Å². The molecule has 2 heterocycles. The van der Waals surface area contributed by atoms with Crippen LogP contribution in [-0.2, 0) is 17.1 Å². The van der Waals surface area contributed by atoms with Gasteiger partial charge in [0.05, 0.1) is 5.69 Å². The first-order valence-corrected chi connectivity index (χ1v) is 9.10. The average molecular weight is 426 g/mol. The van der Waals surface area contributed by atoms with Crippen molar-refractivity contribution in [3.63, 3.8) is 0 Å². The van der Waals surface area contributed by atoms with Crippen LogP contribution in [0, 0.1) is 18.6 Å². The summed E-state index contributed by atoms with van der Waals surface area (Å²) in [6.07, 6.45) is -4.22. The Morgan fingerprint density at radius 2 is 1.86 bits per heavy atom. The molecule has 2 rings (SSSR count). The number of nitrogens with one attached hydrogen (secondary N) is 2. The Morgan fingerprint density at radius 3 is 2.39 bits per heavy atom. The SMILES string of the molecule is Cc1nc(NC(=O)c2c(F)c(S(=O)(=O)N[C@H](C)C(F)(F)F)cn2C)ccc1F. The van der Waals surface area contributed by atoms with Crippen LogP contribution in [0.5, 0.6) is 0 Å². The molecule has 154 valence electrons. The molecular formula is C15H15F5N4O3S. The van der Waals surface area contributed by atoms with E-state index in [0.717, 1.165) is 23.7 Å². The molecule has 2 aromatic heterocycles. The van der Waals surface area contributed by atoms with Crippen LogP contribution in [0.4, 0.5) is 27.8 Å². The smallest absolute Gasteiger partial charge is 0.343 e. The van der Waals surface area contributed by atoms with Gasteiger partial charge in [-0.05, 0) is 26.0 Å². The summed E-state index contributed by atoms with van der Waals surface area (Å²) in [4.78, 5) is 14.9. The molecule has 0 fully saturated rings. The Bertz CT molecular complexity index is 1020. The van der Waals surface area contributed by atoms with Crippen molar-refractivity contribution in [1.82, 2.24) is 14.3 Å². The van der Waals surface area contributed by atoms with Gasteiger partial charge in [-0.1, -0.05) is 0 Å². The van der Waals surface area contributed by atoms with Crippen LogP contribution in [0.25, 0.3) is 0 Å². The second kappa shape index (κ2) is 7.47. The summed E-state index contributed by atoms with van der Waals surface area (Å²) in [5, 5.41) is 2.16. The van der Waals surface area contributed by atoms with E-state index in [2.05, 4.69) is 10.3 Å². The van der Waals surface area contributed by atoms with Crippen LogP contribution in [0.15, 0.2) is 23.2 Å². The van der Waals surface area contributed by atoms with Gasteiger partial charge >= 0.3 is 6.18 Å². The van der Waals surface area contributed by atoms with Gasteiger partial charge in [-0.3, -0.25) is 4.79 Å². The number of carbonyl (C=O) groups excluding carboxylic acids is 1. The number of hydrogen-bond donors (Lipinski definition) is 2. The minimum Gasteiger partial charge on any atom is -0.343 e. The molecule has 0 saturated heterocycles. The number of anilines is 1. The molecule has 13 heteroatoms. The van der Waals surface area contributed by atoms with Crippen LogP contribution in [0.1, 0.15) is 23.1 Å². The zero-order valence-electron chi connectivity index (χ0n) is 14.7. The van der Waals surface area contributed by atoms with Gasteiger partial charge in [0.15, 0.2) is 5.82 Å². The standard InChI is InChI=1S/C15H15F5N4O3S/c1-7-9(16)4-5-11(21-7)22-14(25)13-12(17)10(6-24(13)3)28(26,27)23-8(2)15(18,19)20/h4-6,8,23H,1-3H3,(H,21,22,25)/t8-/m1/s1. The quantitative estimate of drug-likeness (QED) is 0.719. The number of halogens is 5. The number of alkyl halides is 3. The lowest BCUT2D eigenvalue weighted by molar-refractivity contribution is -0.147. The number of sulfonamides is 1. The fourth-order valence-electron chi connectivity index (χ4n) is 2.17. The summed E-state index contributed by atoms with van der Waals surface area (Å²) in [7, 11) is -3.77. The molecule has 0 saturated carbocycles. The lowest BCUT2D eigenvalue weighted by Gasteiger charge is -2.16. The molecule has 0 aliphatic heterocycles. The average Bonchev–Trinajstić information content (AvgIpc) is 2.85. The molecule has 0 unspecified atom stereocenters. The van der Waals surface area contributed by atoms with Crippen LogP contribution in [-0.4, -0.2) is 36.1 Å². The van der Waals surface area contributed by atoms with Crippen molar-refractivity contribution in [2.75, 3.05) is 5.32 Å². The van der Waals surface area contributed by atoms with E-state index < -0.39 is 50.4 Å². The highest BCUT2D eigenvalue weighted by Gasteiger charge is 2.40. The van der Waals surface area contributed by atoms with Crippen LogP contribution in [0.2, 0.25) is 0 Å². The number of pyridine rings is 1. The number of nitrogens with zero attached hydrogens (tertiary/aromatic N) is 2. The molecule has 0 radical (unpaired) electrons. The van der Waals surface area contributed by atoms with Crippen LogP contribution in [0.3, 0.4) is 0 Å². The highest BCUT2D eigenvalue weighted by Crippen LogP contribution is 2.25. The van der Waals surface area contributed by atoms with Gasteiger partial charge in [0, 0.05) is 13.2 Å². The van der Waals surface area contributed by atoms with E-state index in [0.29, 0.717) is 13.1 Å². The number of amides is 1. The van der Waals surface area contributed by atoms with Crippen molar-refractivity contribution in [3.05, 3.63) is 41.4 Å². The van der Waals surface area contributed by atoms with E-state index in [-0.39, 0.29) is 11.5 Å². The summed E-state index contributed by atoms with van der Waals surface area (Å²) in [5.74, 6) is -3.43. The maximum absolute atomic E-state index is 14.6. The highest BCUT2D eigenvalue weighted by molar-refractivity contribution is 7.89. The Morgan fingerprint density at radius 1 is 1.25 bits per heavy atom. The van der Waals surface area contributed by atoms with Crippen LogP contribution < -0.4 is 10.0 Å². The molecule has 0 aliphatic carbocycles. The van der Waals surface area contributed by atoms with Crippen LogP contribution >= 0.6 is 0 Å². The normalized spacial score (nSPS) is 13.4. The third-order valence-electron chi connectivity index (χ3n) is 3.68. The van der Waals surface area contributed by atoms with Crippen molar-refractivity contribution in [1.29, 1.82) is 0 Å². The van der Waals surface area contributed by atoms with Gasteiger partial charge in [-0.2, -0.15) is 17.9 Å². The fourth-order valence-corrected chi connectivity index (χ4v) is 3.52. The molecule has 28 heavy (non-hydrogen) atoms. The fraction of sp³-hybridized carbons (Fsp3) is 0.333. The number of aryl methyl sites for hydroxylation is 2. The molecular weight excluding hydrogens is 411 g/mol. The zero-order chi connectivity index (χ0) is 21.4. The van der Waals surface area contributed by atoms with Crippen molar-refractivity contribution in [2.45, 2.75) is 31.0 Å². The Hall–Kier alpha value is -2.54. The summed E-state index contributed by atoms with van der Waals surface area (Å²) in [5.41, 5.74) is -0.803. The minimum atomic E-state index is -4.90. The van der Waals surface area contributed by atoms with E-state index in [4.69, 9.17) is 0 Å². The van der Waals surface area contributed by atoms with E-state index in [1.165, 1.54) is 11.6 Å². The predicted octanol–water partition coefficient (Wildman–Crippen LogP) is 2.49. The first-order chi connectivity index (χ1) is 12.7. The van der Waals surface area contributed by atoms with Gasteiger partial charge in [0.25, 0.3) is 5.91 Å². The number of aromatic nitrogens is 2. The third-order valence-corrected chi connectivity index (χ3v) is 5.21. The second-order valence-corrected chi connectivity index (χ2v) is 7.55. The lowest BCUT2D eigenvalue weighted by atomic mass is 10.3. The highest BCUT2D eigenvalue weighted by atomic mass is 32.2. The second-order valence-electron chi connectivity index (χ2n) is 5.87. The van der Waals surface area contributed by atoms with Crippen molar-refractivity contribution < 1.29 is 35.2 Å². The molecule has 0 aliphatic rings. The van der Waals surface area contributed by atoms with Gasteiger partial charge in [-0.15, -0.1) is 0 Å². The van der Waals surface area contributed by atoms with Gasteiger partial charge in [-0.25, -0.2) is 22.2 Å². The minimum absolute atomic E-state index is 0.0428. The number of hydrogen-bond acceptors (Lipinski definition) is 4. The molecule has 1 amide bonds. The molecule has 0 aromatic carbocycles. The number of rotatable bonds is 5. The predicted molar refractivity (Wildman–Crippen MR) is 88.1 cm³/mol. The maximum atomic E-state index is 14.6. The van der Waals surface area contributed by atoms with Crippen molar-refractivity contribution >= 4 is 21.7 Å². The molecule has 7 nitrogen and oxygen atoms in total. The first kappa shape index (κ1) is 21.8. The summed E-state index contributed by atoms with van der Waals surface area (Å²) in [6.45, 7) is 1.88.